The topological polar surface area (TPSA) is 58.6 Å². The molecular weight excluding hydrogens is 264 g/mol. The van der Waals surface area contributed by atoms with Crippen LogP contribution in [0.3, 0.4) is 0 Å². The molecule has 106 valence electrons. The van der Waals surface area contributed by atoms with E-state index >= 15 is 0 Å². The minimum absolute atomic E-state index is 0.323. The molecule has 19 heavy (non-hydrogen) atoms. The average Bonchev–Trinajstić information content (AvgIpc) is 2.37. The van der Waals surface area contributed by atoms with Gasteiger partial charge in [0.05, 0.1) is 17.1 Å². The third kappa shape index (κ3) is 3.08. The summed E-state index contributed by atoms with van der Waals surface area (Å²) in [7, 11) is -1.63. The molecule has 1 aromatic carbocycles. The van der Waals surface area contributed by atoms with Gasteiger partial charge in [0, 0.05) is 25.8 Å². The monoisotopic (exact) mass is 284 g/mol. The van der Waals surface area contributed by atoms with Gasteiger partial charge in [0.2, 0.25) is 10.0 Å². The number of nitrogens with one attached hydrogen (secondary N) is 1. The Morgan fingerprint density at radius 3 is 2.42 bits per heavy atom. The highest BCUT2D eigenvalue weighted by molar-refractivity contribution is 7.89. The maximum atomic E-state index is 12.5. The summed E-state index contributed by atoms with van der Waals surface area (Å²) in [5.74, 6) is 0. The molecule has 0 aromatic heterocycles. The zero-order chi connectivity index (χ0) is 14.1. The summed E-state index contributed by atoms with van der Waals surface area (Å²) in [6.45, 7) is 5.01. The summed E-state index contributed by atoms with van der Waals surface area (Å²) in [4.78, 5) is 0.323. The van der Waals surface area contributed by atoms with E-state index in [1.54, 1.807) is 31.3 Å². The van der Waals surface area contributed by atoms with Crippen molar-refractivity contribution < 1.29 is 13.2 Å². The second kappa shape index (κ2) is 5.11. The highest BCUT2D eigenvalue weighted by Crippen LogP contribution is 2.24. The molecule has 1 saturated heterocycles. The maximum absolute atomic E-state index is 12.5. The van der Waals surface area contributed by atoms with Crippen LogP contribution in [0.1, 0.15) is 13.8 Å². The lowest BCUT2D eigenvalue weighted by Gasteiger charge is -2.37. The van der Waals surface area contributed by atoms with Crippen LogP contribution < -0.4 is 5.32 Å². The normalized spacial score (nSPS) is 20.2. The number of ether oxygens (including phenoxy) is 1. The first kappa shape index (κ1) is 14.3. The third-order valence-corrected chi connectivity index (χ3v) is 5.03. The van der Waals surface area contributed by atoms with Crippen LogP contribution in [0.4, 0.5) is 5.69 Å². The molecule has 1 N–H and O–H groups in total. The van der Waals surface area contributed by atoms with Crippen LogP contribution in [0.15, 0.2) is 29.2 Å². The Balaban J connectivity index is 2.26. The Bertz CT molecular complexity index is 538. The fourth-order valence-electron chi connectivity index (χ4n) is 2.12. The number of sulfonamides is 1. The zero-order valence-corrected chi connectivity index (χ0v) is 12.3. The van der Waals surface area contributed by atoms with Crippen LogP contribution in [0.5, 0.6) is 0 Å². The molecule has 0 bridgehead atoms. The highest BCUT2D eigenvalue weighted by Gasteiger charge is 2.34. The van der Waals surface area contributed by atoms with Gasteiger partial charge in [-0.15, -0.1) is 0 Å². The first-order valence-corrected chi connectivity index (χ1v) is 7.71. The van der Waals surface area contributed by atoms with E-state index in [4.69, 9.17) is 4.74 Å². The molecule has 2 rings (SSSR count). The molecule has 0 amide bonds. The standard InChI is InChI=1S/C13H20N2O3S/c1-13(2)10-15(8-9-18-13)19(16,17)12-6-4-11(14-3)5-7-12/h4-7,14H,8-10H2,1-3H3. The van der Waals surface area contributed by atoms with Crippen molar-refractivity contribution in [2.75, 3.05) is 32.1 Å². The smallest absolute Gasteiger partial charge is 0.243 e. The number of morpholine rings is 1. The number of benzene rings is 1. The molecule has 0 radical (unpaired) electrons. The molecule has 0 unspecified atom stereocenters. The van der Waals surface area contributed by atoms with E-state index < -0.39 is 15.6 Å². The molecule has 1 aliphatic heterocycles. The van der Waals surface area contributed by atoms with E-state index in [0.29, 0.717) is 24.6 Å². The van der Waals surface area contributed by atoms with E-state index in [9.17, 15) is 8.42 Å². The van der Waals surface area contributed by atoms with Gasteiger partial charge in [-0.25, -0.2) is 8.42 Å². The highest BCUT2D eigenvalue weighted by atomic mass is 32.2. The number of hydrogen-bond donors (Lipinski definition) is 1. The van der Waals surface area contributed by atoms with Crippen LogP contribution in [0.25, 0.3) is 0 Å². The van der Waals surface area contributed by atoms with Crippen molar-refractivity contribution >= 4 is 15.7 Å². The van der Waals surface area contributed by atoms with Crippen molar-refractivity contribution in [3.63, 3.8) is 0 Å². The predicted molar refractivity (Wildman–Crippen MR) is 74.8 cm³/mol. The Morgan fingerprint density at radius 1 is 1.26 bits per heavy atom. The summed E-state index contributed by atoms with van der Waals surface area (Å²) in [5.41, 5.74) is 0.456. The van der Waals surface area contributed by atoms with Gasteiger partial charge in [0.1, 0.15) is 0 Å². The molecule has 1 fully saturated rings. The van der Waals surface area contributed by atoms with Crippen LogP contribution in [-0.4, -0.2) is 45.1 Å². The second-order valence-electron chi connectivity index (χ2n) is 5.22. The van der Waals surface area contributed by atoms with Gasteiger partial charge in [-0.1, -0.05) is 0 Å². The first-order valence-electron chi connectivity index (χ1n) is 6.27. The van der Waals surface area contributed by atoms with Gasteiger partial charge in [-0.3, -0.25) is 0 Å². The minimum Gasteiger partial charge on any atom is -0.388 e. The summed E-state index contributed by atoms with van der Waals surface area (Å²) >= 11 is 0. The van der Waals surface area contributed by atoms with Crippen molar-refractivity contribution in [3.8, 4) is 0 Å². The Labute approximate surface area is 114 Å². The Hall–Kier alpha value is -1.11. The first-order chi connectivity index (χ1) is 8.85. The Kier molecular flexibility index (Phi) is 3.85. The van der Waals surface area contributed by atoms with Crippen molar-refractivity contribution in [2.45, 2.75) is 24.3 Å². The van der Waals surface area contributed by atoms with Crippen LogP contribution in [0.2, 0.25) is 0 Å². The van der Waals surface area contributed by atoms with E-state index in [-0.39, 0.29) is 0 Å². The van der Waals surface area contributed by atoms with Gasteiger partial charge in [0.15, 0.2) is 0 Å². The van der Waals surface area contributed by atoms with Crippen LogP contribution in [-0.2, 0) is 14.8 Å². The summed E-state index contributed by atoms with van der Waals surface area (Å²) in [6.07, 6.45) is 0. The predicted octanol–water partition coefficient (Wildman–Crippen LogP) is 1.53. The molecule has 1 heterocycles. The molecule has 0 spiro atoms. The SMILES string of the molecule is CNc1ccc(S(=O)(=O)N2CCOC(C)(C)C2)cc1. The molecular formula is C13H20N2O3S. The number of hydrogen-bond acceptors (Lipinski definition) is 4. The van der Waals surface area contributed by atoms with Gasteiger partial charge >= 0.3 is 0 Å². The number of anilines is 1. The Morgan fingerprint density at radius 2 is 1.89 bits per heavy atom. The molecule has 0 saturated carbocycles. The van der Waals surface area contributed by atoms with Crippen molar-refractivity contribution in [1.29, 1.82) is 0 Å². The van der Waals surface area contributed by atoms with Crippen LogP contribution >= 0.6 is 0 Å². The maximum Gasteiger partial charge on any atom is 0.243 e. The summed E-state index contributed by atoms with van der Waals surface area (Å²) in [6, 6.07) is 6.78. The minimum atomic E-state index is -3.43. The summed E-state index contributed by atoms with van der Waals surface area (Å²) in [5, 5.41) is 2.97. The molecule has 1 aliphatic rings. The molecule has 1 aromatic rings. The van der Waals surface area contributed by atoms with Gasteiger partial charge in [0.25, 0.3) is 0 Å². The van der Waals surface area contributed by atoms with E-state index in [2.05, 4.69) is 5.32 Å². The molecule has 0 atom stereocenters. The van der Waals surface area contributed by atoms with Gasteiger partial charge < -0.3 is 10.1 Å². The molecule has 5 nitrogen and oxygen atoms in total. The van der Waals surface area contributed by atoms with Gasteiger partial charge in [-0.05, 0) is 38.1 Å². The fraction of sp³-hybridized carbons (Fsp3) is 0.538. The second-order valence-corrected chi connectivity index (χ2v) is 7.16. The van der Waals surface area contributed by atoms with E-state index in [1.807, 2.05) is 13.8 Å². The van der Waals surface area contributed by atoms with E-state index in [1.165, 1.54) is 4.31 Å². The largest absolute Gasteiger partial charge is 0.388 e. The van der Waals surface area contributed by atoms with Gasteiger partial charge in [-0.2, -0.15) is 4.31 Å². The number of rotatable bonds is 3. The van der Waals surface area contributed by atoms with Crippen LogP contribution in [0, 0.1) is 0 Å². The zero-order valence-electron chi connectivity index (χ0n) is 11.5. The van der Waals surface area contributed by atoms with Crippen molar-refractivity contribution in [2.24, 2.45) is 0 Å². The fourth-order valence-corrected chi connectivity index (χ4v) is 3.69. The van der Waals surface area contributed by atoms with E-state index in [0.717, 1.165) is 5.69 Å². The van der Waals surface area contributed by atoms with Crippen molar-refractivity contribution in [3.05, 3.63) is 24.3 Å². The number of nitrogens with zero attached hydrogens (tertiary/aromatic N) is 1. The quantitative estimate of drug-likeness (QED) is 0.914. The third-order valence-electron chi connectivity index (χ3n) is 3.17. The molecule has 6 heteroatoms. The molecule has 0 aliphatic carbocycles. The summed E-state index contributed by atoms with van der Waals surface area (Å²) < 4.78 is 32.1. The average molecular weight is 284 g/mol. The lowest BCUT2D eigenvalue weighted by molar-refractivity contribution is -0.0640. The lowest BCUT2D eigenvalue weighted by atomic mass is 10.1. The lowest BCUT2D eigenvalue weighted by Crippen LogP contribution is -2.50. The van der Waals surface area contributed by atoms with Crippen molar-refractivity contribution in [1.82, 2.24) is 4.31 Å².